The van der Waals surface area contributed by atoms with Crippen LogP contribution in [0.3, 0.4) is 0 Å². The molecule has 0 radical (unpaired) electrons. The summed E-state index contributed by atoms with van der Waals surface area (Å²) in [6.45, 7) is 2.10. The van der Waals surface area contributed by atoms with Gasteiger partial charge < -0.3 is 10.5 Å². The van der Waals surface area contributed by atoms with E-state index in [1.54, 1.807) is 12.1 Å². The van der Waals surface area contributed by atoms with Crippen LogP contribution in [0.1, 0.15) is 29.7 Å². The smallest absolute Gasteiger partial charge is 0.132 e. The third kappa shape index (κ3) is 2.93. The molecule has 0 spiro atoms. The van der Waals surface area contributed by atoms with Crippen molar-refractivity contribution in [2.45, 2.75) is 19.4 Å². The summed E-state index contributed by atoms with van der Waals surface area (Å²) in [5.74, 6) is 0.154. The van der Waals surface area contributed by atoms with Gasteiger partial charge in [-0.2, -0.15) is 0 Å². The summed E-state index contributed by atoms with van der Waals surface area (Å²) in [4.78, 5) is 0. The molecule has 0 aliphatic carbocycles. The summed E-state index contributed by atoms with van der Waals surface area (Å²) in [6, 6.07) is 12.2. The number of hydrogen-bond acceptors (Lipinski definition) is 2. The van der Waals surface area contributed by atoms with E-state index in [0.717, 1.165) is 12.0 Å². The van der Waals surface area contributed by atoms with E-state index in [1.165, 1.54) is 18.7 Å². The first kappa shape index (κ1) is 13.6. The Hall–Kier alpha value is -1.87. The van der Waals surface area contributed by atoms with Crippen molar-refractivity contribution in [2.75, 3.05) is 7.11 Å². The molecule has 1 unspecified atom stereocenters. The van der Waals surface area contributed by atoms with Gasteiger partial charge in [0.25, 0.3) is 0 Å². The van der Waals surface area contributed by atoms with Gasteiger partial charge in [-0.15, -0.1) is 0 Å². The molecule has 0 fully saturated rings. The number of ether oxygens (including phenoxy) is 1. The molecule has 0 saturated heterocycles. The summed E-state index contributed by atoms with van der Waals surface area (Å²) in [6.07, 6.45) is 0.979. The lowest BCUT2D eigenvalue weighted by Gasteiger charge is -2.14. The molecule has 0 aliphatic heterocycles. The van der Waals surface area contributed by atoms with Crippen LogP contribution in [-0.4, -0.2) is 7.11 Å². The van der Waals surface area contributed by atoms with Crippen LogP contribution in [0.4, 0.5) is 4.39 Å². The largest absolute Gasteiger partial charge is 0.497 e. The number of nitrogens with two attached hydrogens (primary N) is 1. The molecule has 0 amide bonds. The highest BCUT2D eigenvalue weighted by molar-refractivity contribution is 5.37. The molecule has 1 atom stereocenters. The Kier molecular flexibility index (Phi) is 4.17. The first-order chi connectivity index (χ1) is 9.15. The molecule has 2 nitrogen and oxygen atoms in total. The monoisotopic (exact) mass is 259 g/mol. The van der Waals surface area contributed by atoms with E-state index in [1.807, 2.05) is 24.3 Å². The molecule has 0 aliphatic rings. The molecule has 2 aromatic carbocycles. The van der Waals surface area contributed by atoms with E-state index < -0.39 is 6.04 Å². The van der Waals surface area contributed by atoms with Crippen molar-refractivity contribution in [1.82, 2.24) is 0 Å². The van der Waals surface area contributed by atoms with Crippen LogP contribution in [0.5, 0.6) is 5.75 Å². The van der Waals surface area contributed by atoms with Crippen molar-refractivity contribution < 1.29 is 9.13 Å². The first-order valence-electron chi connectivity index (χ1n) is 6.33. The van der Waals surface area contributed by atoms with Crippen molar-refractivity contribution in [3.05, 3.63) is 65.0 Å². The lowest BCUT2D eigenvalue weighted by molar-refractivity contribution is 0.410. The maximum Gasteiger partial charge on any atom is 0.132 e. The zero-order chi connectivity index (χ0) is 13.8. The van der Waals surface area contributed by atoms with Crippen LogP contribution in [-0.2, 0) is 6.42 Å². The van der Waals surface area contributed by atoms with E-state index in [-0.39, 0.29) is 5.82 Å². The van der Waals surface area contributed by atoms with Crippen LogP contribution in [0.25, 0.3) is 0 Å². The highest BCUT2D eigenvalue weighted by Gasteiger charge is 2.14. The topological polar surface area (TPSA) is 35.2 Å². The zero-order valence-electron chi connectivity index (χ0n) is 11.2. The van der Waals surface area contributed by atoms with Crippen LogP contribution < -0.4 is 10.5 Å². The molecule has 2 N–H and O–H groups in total. The van der Waals surface area contributed by atoms with Gasteiger partial charge in [-0.05, 0) is 23.6 Å². The van der Waals surface area contributed by atoms with Crippen molar-refractivity contribution in [1.29, 1.82) is 0 Å². The van der Waals surface area contributed by atoms with E-state index in [0.29, 0.717) is 11.3 Å². The Morgan fingerprint density at radius 1 is 1.16 bits per heavy atom. The van der Waals surface area contributed by atoms with Gasteiger partial charge in [-0.1, -0.05) is 37.3 Å². The Labute approximate surface area is 113 Å². The van der Waals surface area contributed by atoms with Gasteiger partial charge >= 0.3 is 0 Å². The lowest BCUT2D eigenvalue weighted by atomic mass is 9.97. The highest BCUT2D eigenvalue weighted by atomic mass is 19.1. The second-order valence-corrected chi connectivity index (χ2v) is 4.46. The molecule has 100 valence electrons. The Morgan fingerprint density at radius 3 is 2.37 bits per heavy atom. The molecule has 0 heterocycles. The molecule has 0 aromatic heterocycles. The predicted octanol–water partition coefficient (Wildman–Crippen LogP) is 3.44. The molecule has 3 heteroatoms. The highest BCUT2D eigenvalue weighted by Crippen LogP contribution is 2.25. The van der Waals surface area contributed by atoms with Crippen molar-refractivity contribution in [3.8, 4) is 5.75 Å². The van der Waals surface area contributed by atoms with Crippen molar-refractivity contribution >= 4 is 0 Å². The summed E-state index contributed by atoms with van der Waals surface area (Å²) in [5, 5.41) is 0. The van der Waals surface area contributed by atoms with Crippen molar-refractivity contribution in [3.63, 3.8) is 0 Å². The van der Waals surface area contributed by atoms with Gasteiger partial charge in [0.1, 0.15) is 11.6 Å². The van der Waals surface area contributed by atoms with Crippen LogP contribution in [0.15, 0.2) is 42.5 Å². The Bertz CT molecular complexity index is 551. The van der Waals surface area contributed by atoms with E-state index in [4.69, 9.17) is 10.5 Å². The standard InChI is InChI=1S/C16H18FNO/c1-3-11-4-6-12(7-5-11)16(18)14-9-8-13(19-2)10-15(14)17/h4-10,16H,3,18H2,1-2H3. The quantitative estimate of drug-likeness (QED) is 0.912. The number of methoxy groups -OCH3 is 1. The summed E-state index contributed by atoms with van der Waals surface area (Å²) < 4.78 is 18.9. The minimum atomic E-state index is -0.461. The number of rotatable bonds is 4. The van der Waals surface area contributed by atoms with Gasteiger partial charge in [0.2, 0.25) is 0 Å². The van der Waals surface area contributed by atoms with Crippen LogP contribution in [0.2, 0.25) is 0 Å². The summed E-state index contributed by atoms with van der Waals surface area (Å²) >= 11 is 0. The molecule has 2 rings (SSSR count). The second kappa shape index (κ2) is 5.85. The fourth-order valence-corrected chi connectivity index (χ4v) is 2.03. The fraction of sp³-hybridized carbons (Fsp3) is 0.250. The lowest BCUT2D eigenvalue weighted by Crippen LogP contribution is -2.13. The zero-order valence-corrected chi connectivity index (χ0v) is 11.2. The van der Waals surface area contributed by atoms with Gasteiger partial charge in [0.15, 0.2) is 0 Å². The normalized spacial score (nSPS) is 12.2. The average molecular weight is 259 g/mol. The van der Waals surface area contributed by atoms with Gasteiger partial charge in [-0.25, -0.2) is 4.39 Å². The number of hydrogen-bond donors (Lipinski definition) is 1. The number of halogens is 1. The maximum atomic E-state index is 14.0. The fourth-order valence-electron chi connectivity index (χ4n) is 2.03. The second-order valence-electron chi connectivity index (χ2n) is 4.46. The molecule has 0 bridgehead atoms. The van der Waals surface area contributed by atoms with Crippen LogP contribution >= 0.6 is 0 Å². The maximum absolute atomic E-state index is 14.0. The summed E-state index contributed by atoms with van der Waals surface area (Å²) in [5.41, 5.74) is 8.74. The average Bonchev–Trinajstić information content (AvgIpc) is 2.46. The Morgan fingerprint density at radius 2 is 1.84 bits per heavy atom. The first-order valence-corrected chi connectivity index (χ1v) is 6.33. The molecule has 2 aromatic rings. The molecule has 19 heavy (non-hydrogen) atoms. The predicted molar refractivity (Wildman–Crippen MR) is 74.8 cm³/mol. The SMILES string of the molecule is CCc1ccc(C(N)c2ccc(OC)cc2F)cc1. The van der Waals surface area contributed by atoms with E-state index >= 15 is 0 Å². The number of aryl methyl sites for hydroxylation is 1. The van der Waals surface area contributed by atoms with Gasteiger partial charge in [-0.3, -0.25) is 0 Å². The van der Waals surface area contributed by atoms with E-state index in [9.17, 15) is 4.39 Å². The van der Waals surface area contributed by atoms with Crippen LogP contribution in [0, 0.1) is 5.82 Å². The van der Waals surface area contributed by atoms with Gasteiger partial charge in [0.05, 0.1) is 13.2 Å². The minimum absolute atomic E-state index is 0.341. The summed E-state index contributed by atoms with van der Waals surface area (Å²) in [7, 11) is 1.51. The molecule has 0 saturated carbocycles. The minimum Gasteiger partial charge on any atom is -0.497 e. The van der Waals surface area contributed by atoms with Crippen molar-refractivity contribution in [2.24, 2.45) is 5.73 Å². The third-order valence-corrected chi connectivity index (χ3v) is 3.29. The Balaban J connectivity index is 2.29. The number of benzene rings is 2. The van der Waals surface area contributed by atoms with E-state index in [2.05, 4.69) is 6.92 Å². The van der Waals surface area contributed by atoms with Gasteiger partial charge in [0, 0.05) is 11.6 Å². The third-order valence-electron chi connectivity index (χ3n) is 3.29. The molecular weight excluding hydrogens is 241 g/mol. The molecular formula is C16H18FNO.